The van der Waals surface area contributed by atoms with Crippen molar-refractivity contribution in [2.45, 2.75) is 11.4 Å². The van der Waals surface area contributed by atoms with Crippen LogP contribution in [0.2, 0.25) is 0 Å². The molecule has 0 atom stereocenters. The van der Waals surface area contributed by atoms with E-state index in [2.05, 4.69) is 20.7 Å². The fourth-order valence-corrected chi connectivity index (χ4v) is 3.18. The van der Waals surface area contributed by atoms with Crippen molar-refractivity contribution in [1.82, 2.24) is 4.72 Å². The topological polar surface area (TPSA) is 72.2 Å². The van der Waals surface area contributed by atoms with Gasteiger partial charge in [-0.1, -0.05) is 46.3 Å². The van der Waals surface area contributed by atoms with Crippen LogP contribution in [0.4, 0.5) is 5.69 Å². The van der Waals surface area contributed by atoms with Gasteiger partial charge in [0.2, 0.25) is 10.0 Å². The van der Waals surface area contributed by atoms with E-state index in [0.29, 0.717) is 0 Å². The van der Waals surface area contributed by atoms with E-state index in [1.807, 2.05) is 24.3 Å². The molecule has 6 heteroatoms. The van der Waals surface area contributed by atoms with Gasteiger partial charge in [0.1, 0.15) is 4.90 Å². The molecule has 100 valence electrons. The molecule has 0 aliphatic rings. The van der Waals surface area contributed by atoms with Crippen LogP contribution < -0.4 is 10.5 Å². The van der Waals surface area contributed by atoms with Crippen LogP contribution in [0.15, 0.2) is 57.9 Å². The molecule has 0 spiro atoms. The molecule has 0 aromatic heterocycles. The standard InChI is InChI=1S/C13H13BrN2O2S/c14-11-6-2-1-5-10(11)9-16-19(17,18)13-8-4-3-7-12(13)15/h1-8,16H,9,15H2. The summed E-state index contributed by atoms with van der Waals surface area (Å²) >= 11 is 3.38. The SMILES string of the molecule is Nc1ccccc1S(=O)(=O)NCc1ccccc1Br. The summed E-state index contributed by atoms with van der Waals surface area (Å²) in [6.07, 6.45) is 0. The van der Waals surface area contributed by atoms with E-state index in [1.165, 1.54) is 6.07 Å². The van der Waals surface area contributed by atoms with Crippen molar-refractivity contribution in [2.75, 3.05) is 5.73 Å². The molecule has 0 saturated carbocycles. The van der Waals surface area contributed by atoms with Crippen molar-refractivity contribution >= 4 is 31.6 Å². The molecule has 2 rings (SSSR count). The Morgan fingerprint density at radius 1 is 1.05 bits per heavy atom. The predicted octanol–water partition coefficient (Wildman–Crippen LogP) is 2.51. The van der Waals surface area contributed by atoms with Crippen LogP contribution >= 0.6 is 15.9 Å². The first kappa shape index (κ1) is 14.0. The molecular formula is C13H13BrN2O2S. The number of para-hydroxylation sites is 1. The van der Waals surface area contributed by atoms with Crippen molar-refractivity contribution in [1.29, 1.82) is 0 Å². The third kappa shape index (κ3) is 3.34. The molecule has 0 amide bonds. The van der Waals surface area contributed by atoms with Crippen LogP contribution in [0.25, 0.3) is 0 Å². The summed E-state index contributed by atoms with van der Waals surface area (Å²) in [5.74, 6) is 0. The Kier molecular flexibility index (Phi) is 4.24. The molecule has 0 radical (unpaired) electrons. The van der Waals surface area contributed by atoms with E-state index in [0.717, 1.165) is 10.0 Å². The zero-order chi connectivity index (χ0) is 13.9. The van der Waals surface area contributed by atoms with Crippen LogP contribution in [0.3, 0.4) is 0 Å². The Morgan fingerprint density at radius 3 is 2.37 bits per heavy atom. The largest absolute Gasteiger partial charge is 0.398 e. The summed E-state index contributed by atoms with van der Waals surface area (Å²) in [5, 5.41) is 0. The van der Waals surface area contributed by atoms with E-state index >= 15 is 0 Å². The van der Waals surface area contributed by atoms with Gasteiger partial charge in [-0.05, 0) is 23.8 Å². The Bertz CT molecular complexity index is 687. The maximum atomic E-state index is 12.1. The third-order valence-corrected chi connectivity index (χ3v) is 4.87. The Morgan fingerprint density at radius 2 is 1.68 bits per heavy atom. The van der Waals surface area contributed by atoms with Crippen molar-refractivity contribution in [3.8, 4) is 0 Å². The fraction of sp³-hybridized carbons (Fsp3) is 0.0769. The molecule has 19 heavy (non-hydrogen) atoms. The lowest BCUT2D eigenvalue weighted by Gasteiger charge is -2.09. The highest BCUT2D eigenvalue weighted by Gasteiger charge is 2.16. The zero-order valence-corrected chi connectivity index (χ0v) is 12.4. The van der Waals surface area contributed by atoms with Gasteiger partial charge < -0.3 is 5.73 Å². The van der Waals surface area contributed by atoms with Crippen molar-refractivity contribution in [2.24, 2.45) is 0 Å². The zero-order valence-electron chi connectivity index (χ0n) is 10.0. The van der Waals surface area contributed by atoms with E-state index in [9.17, 15) is 8.42 Å². The van der Waals surface area contributed by atoms with Gasteiger partial charge in [0.25, 0.3) is 0 Å². The molecule has 4 nitrogen and oxygen atoms in total. The molecular weight excluding hydrogens is 328 g/mol. The molecule has 0 aliphatic carbocycles. The number of nitrogens with two attached hydrogens (primary N) is 1. The van der Waals surface area contributed by atoms with Crippen molar-refractivity contribution in [3.63, 3.8) is 0 Å². The number of sulfonamides is 1. The number of hydrogen-bond acceptors (Lipinski definition) is 3. The maximum absolute atomic E-state index is 12.1. The molecule has 0 unspecified atom stereocenters. The lowest BCUT2D eigenvalue weighted by molar-refractivity contribution is 0.581. The molecule has 2 aromatic rings. The average molecular weight is 341 g/mol. The average Bonchev–Trinajstić information content (AvgIpc) is 2.38. The first-order chi connectivity index (χ1) is 9.00. The molecule has 2 aromatic carbocycles. The minimum atomic E-state index is -3.60. The summed E-state index contributed by atoms with van der Waals surface area (Å²) in [4.78, 5) is 0.0991. The summed E-state index contributed by atoms with van der Waals surface area (Å²) in [7, 11) is -3.60. The van der Waals surface area contributed by atoms with Gasteiger partial charge in [-0.2, -0.15) is 0 Å². The fourth-order valence-electron chi connectivity index (χ4n) is 1.62. The van der Waals surface area contributed by atoms with Gasteiger partial charge in [-0.3, -0.25) is 0 Å². The first-order valence-electron chi connectivity index (χ1n) is 5.58. The van der Waals surface area contributed by atoms with Gasteiger partial charge in [0, 0.05) is 11.0 Å². The number of halogens is 1. The normalized spacial score (nSPS) is 11.4. The van der Waals surface area contributed by atoms with E-state index < -0.39 is 10.0 Å². The van der Waals surface area contributed by atoms with Gasteiger partial charge >= 0.3 is 0 Å². The molecule has 0 aliphatic heterocycles. The van der Waals surface area contributed by atoms with Gasteiger partial charge in [0.15, 0.2) is 0 Å². The lowest BCUT2D eigenvalue weighted by atomic mass is 10.2. The first-order valence-corrected chi connectivity index (χ1v) is 7.86. The van der Waals surface area contributed by atoms with Crippen LogP contribution in [-0.4, -0.2) is 8.42 Å². The molecule has 0 fully saturated rings. The number of anilines is 1. The molecule has 0 saturated heterocycles. The summed E-state index contributed by atoms with van der Waals surface area (Å²) < 4.78 is 27.7. The van der Waals surface area contributed by atoms with Crippen LogP contribution in [0.1, 0.15) is 5.56 Å². The summed E-state index contributed by atoms with van der Waals surface area (Å²) in [6.45, 7) is 0.206. The van der Waals surface area contributed by atoms with E-state index in [-0.39, 0.29) is 17.1 Å². The highest BCUT2D eigenvalue weighted by Crippen LogP contribution is 2.19. The minimum absolute atomic E-state index is 0.0991. The lowest BCUT2D eigenvalue weighted by Crippen LogP contribution is -2.24. The van der Waals surface area contributed by atoms with E-state index in [1.54, 1.807) is 18.2 Å². The van der Waals surface area contributed by atoms with Crippen LogP contribution in [0, 0.1) is 0 Å². The highest BCUT2D eigenvalue weighted by atomic mass is 79.9. The minimum Gasteiger partial charge on any atom is -0.398 e. The van der Waals surface area contributed by atoms with Crippen LogP contribution in [0.5, 0.6) is 0 Å². The molecule has 3 N–H and O–H groups in total. The predicted molar refractivity (Wildman–Crippen MR) is 79.0 cm³/mol. The summed E-state index contributed by atoms with van der Waals surface area (Å²) in [5.41, 5.74) is 6.78. The smallest absolute Gasteiger partial charge is 0.242 e. The number of nitrogens with one attached hydrogen (secondary N) is 1. The Balaban J connectivity index is 2.20. The number of nitrogen functional groups attached to an aromatic ring is 1. The van der Waals surface area contributed by atoms with Crippen molar-refractivity contribution in [3.05, 3.63) is 58.6 Å². The monoisotopic (exact) mass is 340 g/mol. The number of benzene rings is 2. The highest BCUT2D eigenvalue weighted by molar-refractivity contribution is 9.10. The van der Waals surface area contributed by atoms with Crippen molar-refractivity contribution < 1.29 is 8.42 Å². The quantitative estimate of drug-likeness (QED) is 0.840. The number of hydrogen-bond donors (Lipinski definition) is 2. The van der Waals surface area contributed by atoms with E-state index in [4.69, 9.17) is 5.73 Å². The van der Waals surface area contributed by atoms with Gasteiger partial charge in [-0.25, -0.2) is 13.1 Å². The summed E-state index contributed by atoms with van der Waals surface area (Å²) in [6, 6.07) is 13.8. The van der Waals surface area contributed by atoms with Gasteiger partial charge in [-0.15, -0.1) is 0 Å². The van der Waals surface area contributed by atoms with Gasteiger partial charge in [0.05, 0.1) is 5.69 Å². The Labute approximate surface area is 120 Å². The number of rotatable bonds is 4. The third-order valence-electron chi connectivity index (χ3n) is 2.62. The second-order valence-electron chi connectivity index (χ2n) is 3.95. The molecule has 0 heterocycles. The second kappa shape index (κ2) is 5.73. The molecule has 0 bridgehead atoms. The second-order valence-corrected chi connectivity index (χ2v) is 6.54. The van der Waals surface area contributed by atoms with Crippen LogP contribution in [-0.2, 0) is 16.6 Å². The maximum Gasteiger partial charge on any atom is 0.242 e. The Hall–Kier alpha value is -1.37.